The van der Waals surface area contributed by atoms with Gasteiger partial charge in [-0.3, -0.25) is 0 Å². The topological polar surface area (TPSA) is 87.6 Å². The lowest BCUT2D eigenvalue weighted by Crippen LogP contribution is -2.58. The van der Waals surface area contributed by atoms with E-state index < -0.39 is 5.60 Å². The number of rotatable bonds is 3. The van der Waals surface area contributed by atoms with Crippen LogP contribution in [0.25, 0.3) is 0 Å². The zero-order valence-electron chi connectivity index (χ0n) is 14.9. The molecule has 1 aromatic heterocycles. The highest BCUT2D eigenvalue weighted by Crippen LogP contribution is 2.56. The zero-order chi connectivity index (χ0) is 17.7. The summed E-state index contributed by atoms with van der Waals surface area (Å²) in [5.41, 5.74) is -0.488. The third-order valence-electron chi connectivity index (χ3n) is 6.74. The molecule has 4 bridgehead atoms. The molecule has 1 amide bonds. The van der Waals surface area contributed by atoms with E-state index in [9.17, 15) is 9.90 Å². The standard InChI is InChI=1S/C19H26N4O3/c24-18(23-5-2-15(11-23)22-17-20-3-1-4-21-17)26-16-13-6-12-7-14(16)10-19(25,8-12)9-13/h1,3-4,12-16,25H,2,5-11H2,(H,20,21,22)/t12?,13-,14?,15+,16?,19?/m0/s1. The molecule has 4 unspecified atom stereocenters. The van der Waals surface area contributed by atoms with Crippen molar-refractivity contribution in [1.82, 2.24) is 14.9 Å². The highest BCUT2D eigenvalue weighted by Gasteiger charge is 2.56. The van der Waals surface area contributed by atoms with E-state index in [0.717, 1.165) is 38.5 Å². The van der Waals surface area contributed by atoms with Gasteiger partial charge in [0.1, 0.15) is 6.10 Å². The number of hydrogen-bond donors (Lipinski definition) is 2. The number of nitrogens with zero attached hydrogens (tertiary/aromatic N) is 3. The predicted octanol–water partition coefficient (Wildman–Crippen LogP) is 2.04. The van der Waals surface area contributed by atoms with Crippen LogP contribution in [-0.2, 0) is 4.74 Å². The number of nitrogens with one attached hydrogen (secondary N) is 1. The van der Waals surface area contributed by atoms with Crippen LogP contribution in [0.15, 0.2) is 18.5 Å². The molecule has 6 rings (SSSR count). The van der Waals surface area contributed by atoms with Gasteiger partial charge >= 0.3 is 6.09 Å². The van der Waals surface area contributed by atoms with Crippen molar-refractivity contribution in [1.29, 1.82) is 0 Å². The number of amides is 1. The maximum Gasteiger partial charge on any atom is 0.410 e. The van der Waals surface area contributed by atoms with Crippen LogP contribution < -0.4 is 5.32 Å². The molecular formula is C19H26N4O3. The summed E-state index contributed by atoms with van der Waals surface area (Å²) in [6.07, 6.45) is 8.82. The number of anilines is 1. The maximum atomic E-state index is 12.7. The lowest BCUT2D eigenvalue weighted by atomic mass is 9.53. The van der Waals surface area contributed by atoms with Crippen LogP contribution in [0.1, 0.15) is 38.5 Å². The molecule has 0 aromatic carbocycles. The summed E-state index contributed by atoms with van der Waals surface area (Å²) in [4.78, 5) is 22.9. The van der Waals surface area contributed by atoms with Crippen molar-refractivity contribution in [2.75, 3.05) is 18.4 Å². The summed E-state index contributed by atoms with van der Waals surface area (Å²) in [7, 11) is 0. The van der Waals surface area contributed by atoms with Crippen molar-refractivity contribution >= 4 is 12.0 Å². The van der Waals surface area contributed by atoms with Gasteiger partial charge in [-0.2, -0.15) is 0 Å². The number of hydrogen-bond acceptors (Lipinski definition) is 6. The van der Waals surface area contributed by atoms with Crippen LogP contribution in [-0.4, -0.2) is 56.9 Å². The fourth-order valence-corrected chi connectivity index (χ4v) is 5.92. The zero-order valence-corrected chi connectivity index (χ0v) is 14.9. The van der Waals surface area contributed by atoms with Gasteiger partial charge in [0.25, 0.3) is 0 Å². The van der Waals surface area contributed by atoms with Crippen molar-refractivity contribution < 1.29 is 14.6 Å². The van der Waals surface area contributed by atoms with Crippen molar-refractivity contribution in [3.8, 4) is 0 Å². The third-order valence-corrected chi connectivity index (χ3v) is 6.74. The molecule has 6 atom stereocenters. The highest BCUT2D eigenvalue weighted by molar-refractivity contribution is 5.68. The average molecular weight is 358 g/mol. The lowest BCUT2D eigenvalue weighted by Gasteiger charge is -2.57. The van der Waals surface area contributed by atoms with Gasteiger partial charge in [0.2, 0.25) is 5.95 Å². The summed E-state index contributed by atoms with van der Waals surface area (Å²) >= 11 is 0. The quantitative estimate of drug-likeness (QED) is 0.860. The minimum absolute atomic E-state index is 0.0104. The first kappa shape index (κ1) is 16.3. The van der Waals surface area contributed by atoms with Crippen LogP contribution in [0.5, 0.6) is 0 Å². The highest BCUT2D eigenvalue weighted by atomic mass is 16.6. The SMILES string of the molecule is O=C(OC1C2CC3C[C@H]1CC(O)(C3)C2)N1CC[C@@H](Nc2ncccn2)C1. The third kappa shape index (κ3) is 2.92. The monoisotopic (exact) mass is 358 g/mol. The van der Waals surface area contributed by atoms with Crippen LogP contribution in [0.2, 0.25) is 0 Å². The van der Waals surface area contributed by atoms with E-state index in [4.69, 9.17) is 4.74 Å². The summed E-state index contributed by atoms with van der Waals surface area (Å²) in [5, 5.41) is 14.0. The largest absolute Gasteiger partial charge is 0.446 e. The molecule has 5 fully saturated rings. The molecule has 1 aliphatic heterocycles. The second-order valence-electron chi connectivity index (χ2n) is 8.69. The molecule has 0 radical (unpaired) electrons. The van der Waals surface area contributed by atoms with Gasteiger partial charge in [0.15, 0.2) is 0 Å². The molecule has 7 nitrogen and oxygen atoms in total. The molecule has 1 aromatic rings. The Labute approximate surface area is 153 Å². The number of carbonyl (C=O) groups is 1. The normalized spacial score (nSPS) is 40.7. The Balaban J connectivity index is 1.18. The Bertz CT molecular complexity index is 669. The van der Waals surface area contributed by atoms with Crippen molar-refractivity contribution in [2.45, 2.75) is 56.3 Å². The molecule has 26 heavy (non-hydrogen) atoms. The first-order chi connectivity index (χ1) is 12.6. The first-order valence-corrected chi connectivity index (χ1v) is 9.79. The number of aliphatic hydroxyl groups is 1. The Kier molecular flexibility index (Phi) is 3.81. The van der Waals surface area contributed by atoms with Gasteiger partial charge in [-0.05, 0) is 62.3 Å². The van der Waals surface area contributed by atoms with Gasteiger partial charge < -0.3 is 20.1 Å². The van der Waals surface area contributed by atoms with Gasteiger partial charge in [-0.25, -0.2) is 14.8 Å². The van der Waals surface area contributed by atoms with E-state index in [1.165, 1.54) is 0 Å². The molecule has 140 valence electrons. The van der Waals surface area contributed by atoms with Gasteiger partial charge in [-0.1, -0.05) is 0 Å². The Morgan fingerprint density at radius 3 is 2.65 bits per heavy atom. The average Bonchev–Trinajstić information content (AvgIpc) is 3.06. The van der Waals surface area contributed by atoms with E-state index in [2.05, 4.69) is 15.3 Å². The summed E-state index contributed by atoms with van der Waals surface area (Å²) < 4.78 is 5.97. The van der Waals surface area contributed by atoms with Crippen LogP contribution in [0.3, 0.4) is 0 Å². The number of ether oxygens (including phenoxy) is 1. The Hall–Kier alpha value is -1.89. The maximum absolute atomic E-state index is 12.7. The second-order valence-corrected chi connectivity index (χ2v) is 8.69. The van der Waals surface area contributed by atoms with Crippen LogP contribution >= 0.6 is 0 Å². The summed E-state index contributed by atoms with van der Waals surface area (Å²) in [6, 6.07) is 1.94. The smallest absolute Gasteiger partial charge is 0.410 e. The minimum atomic E-state index is -0.488. The molecule has 0 spiro atoms. The predicted molar refractivity (Wildman–Crippen MR) is 94.4 cm³/mol. The first-order valence-electron chi connectivity index (χ1n) is 9.79. The number of likely N-dealkylation sites (tertiary alicyclic amines) is 1. The summed E-state index contributed by atoms with van der Waals surface area (Å²) in [6.45, 7) is 1.31. The Morgan fingerprint density at radius 2 is 1.96 bits per heavy atom. The molecule has 2 N–H and O–H groups in total. The molecule has 7 heteroatoms. The van der Waals surface area contributed by atoms with E-state index in [1.807, 2.05) is 0 Å². The molecular weight excluding hydrogens is 332 g/mol. The molecule has 4 aliphatic carbocycles. The number of carbonyl (C=O) groups excluding carboxylic acids is 1. The van der Waals surface area contributed by atoms with Crippen LogP contribution in [0, 0.1) is 17.8 Å². The van der Waals surface area contributed by atoms with Crippen molar-refractivity contribution in [2.24, 2.45) is 17.8 Å². The van der Waals surface area contributed by atoms with Gasteiger partial charge in [-0.15, -0.1) is 0 Å². The van der Waals surface area contributed by atoms with E-state index in [1.54, 1.807) is 23.4 Å². The molecule has 2 heterocycles. The van der Waals surface area contributed by atoms with Crippen molar-refractivity contribution in [3.05, 3.63) is 18.5 Å². The fourth-order valence-electron chi connectivity index (χ4n) is 5.92. The fraction of sp³-hybridized carbons (Fsp3) is 0.737. The number of aromatic nitrogens is 2. The van der Waals surface area contributed by atoms with Crippen LogP contribution in [0.4, 0.5) is 10.7 Å². The van der Waals surface area contributed by atoms with Gasteiger partial charge in [0.05, 0.1) is 5.60 Å². The Morgan fingerprint density at radius 1 is 1.23 bits per heavy atom. The molecule has 4 saturated carbocycles. The molecule has 1 saturated heterocycles. The minimum Gasteiger partial charge on any atom is -0.446 e. The molecule has 5 aliphatic rings. The van der Waals surface area contributed by atoms with E-state index in [0.29, 0.717) is 36.8 Å². The summed E-state index contributed by atoms with van der Waals surface area (Å²) in [5.74, 6) is 1.90. The van der Waals surface area contributed by atoms with Gasteiger partial charge in [0, 0.05) is 31.5 Å². The van der Waals surface area contributed by atoms with E-state index in [-0.39, 0.29) is 18.2 Å². The lowest BCUT2D eigenvalue weighted by molar-refractivity contribution is -0.177. The second kappa shape index (κ2) is 6.08. The van der Waals surface area contributed by atoms with E-state index >= 15 is 0 Å². The van der Waals surface area contributed by atoms with Crippen molar-refractivity contribution in [3.63, 3.8) is 0 Å².